The van der Waals surface area contributed by atoms with E-state index in [0.717, 1.165) is 21.6 Å². The third kappa shape index (κ3) is 4.81. The molecule has 2 aliphatic heterocycles. The largest absolute Gasteiger partial charge is 0.490 e. The minimum atomic E-state index is -5.08. The molecule has 4 atom stereocenters. The number of ether oxygens (including phenoxy) is 1. The molecule has 2 fully saturated rings. The van der Waals surface area contributed by atoms with Gasteiger partial charge in [-0.25, -0.2) is 9.18 Å². The molecule has 2 N–H and O–H groups in total. The van der Waals surface area contributed by atoms with Crippen molar-refractivity contribution in [2.75, 3.05) is 14.2 Å². The van der Waals surface area contributed by atoms with Gasteiger partial charge in [0.2, 0.25) is 11.8 Å². The molecule has 0 bridgehead atoms. The number of aliphatic carboxylic acids is 1. The van der Waals surface area contributed by atoms with Crippen LogP contribution in [-0.2, 0) is 23.9 Å². The van der Waals surface area contributed by atoms with E-state index in [1.807, 2.05) is 24.3 Å². The Morgan fingerprint density at radius 1 is 1.00 bits per heavy atom. The number of benzene rings is 2. The Bertz CT molecular complexity index is 1180. The number of likely N-dealkylation sites (tertiary alicyclic amines) is 1. The lowest BCUT2D eigenvalue weighted by atomic mass is 9.80. The number of hydrogen-bond acceptors (Lipinski definition) is 6. The van der Waals surface area contributed by atoms with Gasteiger partial charge in [-0.05, 0) is 35.7 Å². The number of carboxylic acid groups (broad SMARTS) is 1. The quantitative estimate of drug-likeness (QED) is 0.371. The molecule has 2 aliphatic rings. The van der Waals surface area contributed by atoms with Crippen molar-refractivity contribution >= 4 is 23.8 Å². The fraction of sp³-hybridized carbons (Fsp3) is 0.333. The average Bonchev–Trinajstić information content (AvgIpc) is 3.27. The zero-order valence-electron chi connectivity index (χ0n) is 19.3. The van der Waals surface area contributed by atoms with Crippen LogP contribution in [0.25, 0.3) is 11.1 Å². The predicted molar refractivity (Wildman–Crippen MR) is 117 cm³/mol. The number of nitrogens with one attached hydrogen (secondary N) is 1. The Hall–Kier alpha value is -3.80. The Morgan fingerprint density at radius 3 is 1.92 bits per heavy atom. The summed E-state index contributed by atoms with van der Waals surface area (Å²) in [5, 5.41) is 10.3. The standard InChI is InChI=1S/C22H21FN2O4.C2HF3O2/c1-22(21(28)29-3)17-16(19(26)25(2)20(17)27)18(24-22)14-6-4-12(5-7-14)13-8-10-15(23)11-9-13;3-2(4,5)1(6)7/h4-11,16-18,24H,1-3H3;(H,6,7)/t16-,17-,18-,22-;/m1./s1. The highest BCUT2D eigenvalue weighted by molar-refractivity contribution is 6.09. The fourth-order valence-electron chi connectivity index (χ4n) is 4.49. The van der Waals surface area contributed by atoms with Gasteiger partial charge >= 0.3 is 18.1 Å². The van der Waals surface area contributed by atoms with Gasteiger partial charge in [-0.3, -0.25) is 24.6 Å². The molecule has 2 amide bonds. The highest BCUT2D eigenvalue weighted by Crippen LogP contribution is 2.48. The number of nitrogens with zero attached hydrogens (tertiary/aromatic N) is 1. The first-order valence-corrected chi connectivity index (χ1v) is 10.6. The predicted octanol–water partition coefficient (Wildman–Crippen LogP) is 2.93. The first kappa shape index (κ1) is 26.8. The fourth-order valence-corrected chi connectivity index (χ4v) is 4.49. The van der Waals surface area contributed by atoms with Gasteiger partial charge in [-0.15, -0.1) is 0 Å². The zero-order valence-corrected chi connectivity index (χ0v) is 19.3. The first-order valence-electron chi connectivity index (χ1n) is 10.6. The summed E-state index contributed by atoms with van der Waals surface area (Å²) >= 11 is 0. The number of fused-ring (bicyclic) bond motifs is 1. The van der Waals surface area contributed by atoms with Crippen molar-refractivity contribution < 1.29 is 46.6 Å². The highest BCUT2D eigenvalue weighted by Gasteiger charge is 2.66. The number of carboxylic acids is 1. The van der Waals surface area contributed by atoms with Crippen LogP contribution < -0.4 is 5.32 Å². The number of imide groups is 1. The van der Waals surface area contributed by atoms with E-state index in [-0.39, 0.29) is 17.6 Å². The van der Waals surface area contributed by atoms with Crippen LogP contribution in [0.2, 0.25) is 0 Å². The van der Waals surface area contributed by atoms with Crippen LogP contribution in [0.3, 0.4) is 0 Å². The molecule has 192 valence electrons. The Labute approximate surface area is 202 Å². The number of esters is 1. The minimum absolute atomic E-state index is 0.304. The van der Waals surface area contributed by atoms with E-state index < -0.39 is 41.5 Å². The lowest BCUT2D eigenvalue weighted by molar-refractivity contribution is -0.192. The third-order valence-corrected chi connectivity index (χ3v) is 6.31. The molecular weight excluding hydrogens is 488 g/mol. The zero-order chi connectivity index (χ0) is 27.0. The summed E-state index contributed by atoms with van der Waals surface area (Å²) in [7, 11) is 2.70. The summed E-state index contributed by atoms with van der Waals surface area (Å²) in [6, 6.07) is 13.1. The molecule has 12 heteroatoms. The molecule has 8 nitrogen and oxygen atoms in total. The van der Waals surface area contributed by atoms with Crippen LogP contribution in [0.5, 0.6) is 0 Å². The van der Waals surface area contributed by atoms with Crippen molar-refractivity contribution in [2.24, 2.45) is 11.8 Å². The summed E-state index contributed by atoms with van der Waals surface area (Å²) < 4.78 is 49.8. The molecule has 4 rings (SSSR count). The van der Waals surface area contributed by atoms with Gasteiger partial charge in [0.25, 0.3) is 0 Å². The summed E-state index contributed by atoms with van der Waals surface area (Å²) in [5.74, 6) is -5.84. The summed E-state index contributed by atoms with van der Waals surface area (Å²) in [5.41, 5.74) is 1.25. The summed E-state index contributed by atoms with van der Waals surface area (Å²) in [4.78, 5) is 48.0. The van der Waals surface area contributed by atoms with Gasteiger partial charge in [0.1, 0.15) is 11.4 Å². The molecule has 2 saturated heterocycles. The second-order valence-corrected chi connectivity index (χ2v) is 8.49. The molecule has 2 aromatic carbocycles. The molecule has 0 spiro atoms. The van der Waals surface area contributed by atoms with Crippen molar-refractivity contribution in [2.45, 2.75) is 24.7 Å². The molecule has 0 radical (unpaired) electrons. The number of carbonyl (C=O) groups excluding carboxylic acids is 3. The van der Waals surface area contributed by atoms with E-state index in [4.69, 9.17) is 14.6 Å². The number of rotatable bonds is 3. The van der Waals surface area contributed by atoms with E-state index in [9.17, 15) is 31.9 Å². The maximum Gasteiger partial charge on any atom is 0.490 e. The molecule has 0 aromatic heterocycles. The van der Waals surface area contributed by atoms with E-state index in [1.165, 1.54) is 26.3 Å². The van der Waals surface area contributed by atoms with Crippen molar-refractivity contribution in [3.63, 3.8) is 0 Å². The third-order valence-electron chi connectivity index (χ3n) is 6.31. The number of alkyl halides is 3. The van der Waals surface area contributed by atoms with Crippen molar-refractivity contribution in [3.05, 3.63) is 59.9 Å². The van der Waals surface area contributed by atoms with E-state index >= 15 is 0 Å². The van der Waals surface area contributed by atoms with Crippen LogP contribution >= 0.6 is 0 Å². The number of hydrogen-bond donors (Lipinski definition) is 2. The molecule has 0 aliphatic carbocycles. The summed E-state index contributed by atoms with van der Waals surface area (Å²) in [6.07, 6.45) is -5.08. The topological polar surface area (TPSA) is 113 Å². The molecule has 2 aromatic rings. The van der Waals surface area contributed by atoms with Crippen molar-refractivity contribution in [3.8, 4) is 11.1 Å². The SMILES string of the molecule is COC(=O)[C@]1(C)N[C@H](c2ccc(-c3ccc(F)cc3)cc2)[C@@H]2C(=O)N(C)C(=O)[C@@H]21.O=C(O)C(F)(F)F. The second-order valence-electron chi connectivity index (χ2n) is 8.49. The number of carbonyl (C=O) groups is 4. The number of methoxy groups -OCH3 is 1. The Kier molecular flexibility index (Phi) is 7.21. The number of amides is 2. The Balaban J connectivity index is 0.000000454. The molecular formula is C24H22F4N2O6. The van der Waals surface area contributed by atoms with Crippen LogP contribution in [-0.4, -0.2) is 59.6 Å². The highest BCUT2D eigenvalue weighted by atomic mass is 19.4. The van der Waals surface area contributed by atoms with Crippen LogP contribution in [0.15, 0.2) is 48.5 Å². The van der Waals surface area contributed by atoms with E-state index in [0.29, 0.717) is 0 Å². The van der Waals surface area contributed by atoms with Crippen LogP contribution in [0.1, 0.15) is 18.5 Å². The van der Waals surface area contributed by atoms with Gasteiger partial charge in [-0.1, -0.05) is 36.4 Å². The van der Waals surface area contributed by atoms with Crippen LogP contribution in [0.4, 0.5) is 17.6 Å². The van der Waals surface area contributed by atoms with E-state index in [2.05, 4.69) is 5.32 Å². The first-order chi connectivity index (χ1) is 16.7. The summed E-state index contributed by atoms with van der Waals surface area (Å²) in [6.45, 7) is 1.60. The molecule has 0 saturated carbocycles. The molecule has 2 heterocycles. The second kappa shape index (κ2) is 9.69. The van der Waals surface area contributed by atoms with Gasteiger partial charge in [0.15, 0.2) is 0 Å². The molecule has 36 heavy (non-hydrogen) atoms. The maximum absolute atomic E-state index is 13.2. The van der Waals surface area contributed by atoms with Gasteiger partial charge in [-0.2, -0.15) is 13.2 Å². The number of halogens is 4. The normalized spacial score (nSPS) is 25.2. The minimum Gasteiger partial charge on any atom is -0.475 e. The monoisotopic (exact) mass is 510 g/mol. The van der Waals surface area contributed by atoms with Crippen molar-refractivity contribution in [1.82, 2.24) is 10.2 Å². The van der Waals surface area contributed by atoms with Gasteiger partial charge in [0.05, 0.1) is 18.9 Å². The molecule has 0 unspecified atom stereocenters. The average molecular weight is 510 g/mol. The lowest BCUT2D eigenvalue weighted by Crippen LogP contribution is -2.53. The maximum atomic E-state index is 13.2. The lowest BCUT2D eigenvalue weighted by Gasteiger charge is -2.27. The van der Waals surface area contributed by atoms with Crippen LogP contribution in [0, 0.1) is 17.7 Å². The smallest absolute Gasteiger partial charge is 0.475 e. The van der Waals surface area contributed by atoms with E-state index in [1.54, 1.807) is 19.1 Å². The van der Waals surface area contributed by atoms with Crippen molar-refractivity contribution in [1.29, 1.82) is 0 Å². The van der Waals surface area contributed by atoms with Gasteiger partial charge in [0, 0.05) is 13.1 Å². The van der Waals surface area contributed by atoms with Gasteiger partial charge < -0.3 is 9.84 Å². The Morgan fingerprint density at radius 2 is 1.47 bits per heavy atom.